The lowest BCUT2D eigenvalue weighted by molar-refractivity contribution is 0.388. The molecule has 1 aliphatic rings. The molecule has 0 spiro atoms. The number of halogens is 1. The molecule has 0 bridgehead atoms. The van der Waals surface area contributed by atoms with E-state index in [0.717, 1.165) is 0 Å². The van der Waals surface area contributed by atoms with Gasteiger partial charge >= 0.3 is 5.63 Å². The van der Waals surface area contributed by atoms with Crippen molar-refractivity contribution in [2.75, 3.05) is 0 Å². The number of hydrogen-bond donors (Lipinski definition) is 1. The highest BCUT2D eigenvalue weighted by molar-refractivity contribution is 6.30. The Morgan fingerprint density at radius 2 is 1.78 bits per heavy atom. The highest BCUT2D eigenvalue weighted by Gasteiger charge is 2.35. The number of benzene rings is 3. The molecule has 1 atom stereocenters. The van der Waals surface area contributed by atoms with Gasteiger partial charge in [0.2, 0.25) is 5.88 Å². The fourth-order valence-corrected chi connectivity index (χ4v) is 3.92. The van der Waals surface area contributed by atoms with Crippen molar-refractivity contribution in [3.8, 4) is 23.3 Å². The van der Waals surface area contributed by atoms with Crippen LogP contribution >= 0.6 is 11.6 Å². The summed E-state index contributed by atoms with van der Waals surface area (Å²) in [6, 6.07) is 23.2. The summed E-state index contributed by atoms with van der Waals surface area (Å²) in [5.74, 6) is 0.601. The second kappa shape index (κ2) is 7.80. The van der Waals surface area contributed by atoms with Crippen LogP contribution in [-0.2, 0) is 0 Å². The van der Waals surface area contributed by atoms with Crippen LogP contribution in [-0.4, -0.2) is 0 Å². The fourth-order valence-electron chi connectivity index (χ4n) is 3.80. The van der Waals surface area contributed by atoms with Crippen LogP contribution in [0.1, 0.15) is 17.0 Å². The van der Waals surface area contributed by atoms with E-state index >= 15 is 0 Å². The van der Waals surface area contributed by atoms with E-state index in [9.17, 15) is 10.1 Å². The zero-order chi connectivity index (χ0) is 22.2. The van der Waals surface area contributed by atoms with Crippen LogP contribution in [0.15, 0.2) is 93.5 Å². The Hall–Kier alpha value is -4.21. The van der Waals surface area contributed by atoms with E-state index in [1.807, 2.05) is 0 Å². The van der Waals surface area contributed by atoms with E-state index in [2.05, 4.69) is 6.07 Å². The molecule has 1 aliphatic heterocycles. The topological polar surface area (TPSA) is 98.5 Å². The molecule has 3 aromatic carbocycles. The molecule has 0 radical (unpaired) electrons. The number of para-hydroxylation sites is 1. The molecule has 0 saturated heterocycles. The van der Waals surface area contributed by atoms with E-state index < -0.39 is 11.5 Å². The van der Waals surface area contributed by atoms with Crippen LogP contribution in [0.4, 0.5) is 0 Å². The minimum absolute atomic E-state index is 0.0511. The number of nitriles is 1. The molecular formula is C25H15ClN2O4. The molecule has 0 saturated carbocycles. The summed E-state index contributed by atoms with van der Waals surface area (Å²) < 4.78 is 17.2. The maximum atomic E-state index is 13.0. The Bertz CT molecular complexity index is 1480. The summed E-state index contributed by atoms with van der Waals surface area (Å²) in [6.07, 6.45) is 0. The van der Waals surface area contributed by atoms with Crippen molar-refractivity contribution in [2.45, 2.75) is 5.92 Å². The first-order chi connectivity index (χ1) is 15.5. The minimum atomic E-state index is -0.765. The van der Waals surface area contributed by atoms with Gasteiger partial charge in [0, 0.05) is 5.02 Å². The number of ether oxygens (including phenoxy) is 2. The number of fused-ring (bicyclic) bond motifs is 3. The van der Waals surface area contributed by atoms with E-state index in [0.29, 0.717) is 38.8 Å². The SMILES string of the molecule is N#CC1=C(N)Oc2c(c(=O)oc3ccccc23)[C@H]1c1cccc(Oc2ccc(Cl)cc2)c1. The second-order valence-corrected chi connectivity index (χ2v) is 7.62. The van der Waals surface area contributed by atoms with Gasteiger partial charge in [-0.3, -0.25) is 0 Å². The predicted octanol–water partition coefficient (Wildman–Crippen LogP) is 5.46. The lowest BCUT2D eigenvalue weighted by Crippen LogP contribution is -2.26. The van der Waals surface area contributed by atoms with Crippen LogP contribution in [0, 0.1) is 11.3 Å². The van der Waals surface area contributed by atoms with Crippen LogP contribution < -0.4 is 20.8 Å². The van der Waals surface area contributed by atoms with Crippen molar-refractivity contribution in [3.05, 3.63) is 111 Å². The number of nitrogens with zero attached hydrogens (tertiary/aromatic N) is 1. The van der Waals surface area contributed by atoms with Crippen LogP contribution in [0.2, 0.25) is 5.02 Å². The maximum Gasteiger partial charge on any atom is 0.344 e. The monoisotopic (exact) mass is 442 g/mol. The molecule has 0 fully saturated rings. The van der Waals surface area contributed by atoms with Gasteiger partial charge < -0.3 is 19.6 Å². The molecule has 1 aromatic heterocycles. The van der Waals surface area contributed by atoms with Crippen molar-refractivity contribution in [2.24, 2.45) is 5.73 Å². The molecule has 6 nitrogen and oxygen atoms in total. The number of hydrogen-bond acceptors (Lipinski definition) is 6. The van der Waals surface area contributed by atoms with E-state index in [-0.39, 0.29) is 17.0 Å². The Labute approximate surface area is 187 Å². The van der Waals surface area contributed by atoms with Gasteiger partial charge in [0.15, 0.2) is 5.75 Å². The molecule has 5 rings (SSSR count). The molecule has 0 unspecified atom stereocenters. The first-order valence-electron chi connectivity index (χ1n) is 9.72. The smallest absolute Gasteiger partial charge is 0.344 e. The molecule has 0 aliphatic carbocycles. The highest BCUT2D eigenvalue weighted by atomic mass is 35.5. The summed E-state index contributed by atoms with van der Waals surface area (Å²) >= 11 is 5.94. The molecule has 0 amide bonds. The Morgan fingerprint density at radius 3 is 2.56 bits per heavy atom. The largest absolute Gasteiger partial charge is 0.457 e. The fraction of sp³-hybridized carbons (Fsp3) is 0.0400. The Balaban J connectivity index is 1.66. The number of rotatable bonds is 3. The molecule has 32 heavy (non-hydrogen) atoms. The van der Waals surface area contributed by atoms with Crippen molar-refractivity contribution >= 4 is 22.6 Å². The maximum absolute atomic E-state index is 13.0. The summed E-state index contributed by atoms with van der Waals surface area (Å²) in [4.78, 5) is 13.0. The van der Waals surface area contributed by atoms with Gasteiger partial charge in [-0.1, -0.05) is 35.9 Å². The summed E-state index contributed by atoms with van der Waals surface area (Å²) in [6.45, 7) is 0. The summed E-state index contributed by atoms with van der Waals surface area (Å²) in [5, 5.41) is 11.0. The van der Waals surface area contributed by atoms with Gasteiger partial charge in [-0.05, 0) is 54.1 Å². The standard InChI is InChI=1S/C25H15ClN2O4/c26-15-8-10-16(11-9-15)30-17-5-3-4-14(12-17)21-19(13-27)24(28)32-23-18-6-1-2-7-20(18)31-25(29)22(21)23/h1-12,21H,28H2/t21-/m0/s1. The van der Waals surface area contributed by atoms with E-state index in [1.165, 1.54) is 0 Å². The Kier molecular flexibility index (Phi) is 4.81. The van der Waals surface area contributed by atoms with Crippen LogP contribution in [0.5, 0.6) is 17.2 Å². The minimum Gasteiger partial charge on any atom is -0.457 e. The van der Waals surface area contributed by atoms with Gasteiger partial charge in [0.25, 0.3) is 0 Å². The summed E-state index contributed by atoms with van der Waals surface area (Å²) in [7, 11) is 0. The average Bonchev–Trinajstić information content (AvgIpc) is 2.80. The van der Waals surface area contributed by atoms with Gasteiger partial charge in [0.1, 0.15) is 28.7 Å². The number of nitrogens with two attached hydrogens (primary N) is 1. The Morgan fingerprint density at radius 1 is 1.00 bits per heavy atom. The molecule has 2 heterocycles. The first kappa shape index (κ1) is 19.7. The second-order valence-electron chi connectivity index (χ2n) is 7.18. The molecular weight excluding hydrogens is 428 g/mol. The zero-order valence-electron chi connectivity index (χ0n) is 16.5. The zero-order valence-corrected chi connectivity index (χ0v) is 17.3. The van der Waals surface area contributed by atoms with Crippen molar-refractivity contribution in [1.29, 1.82) is 5.26 Å². The lowest BCUT2D eigenvalue weighted by atomic mass is 9.84. The van der Waals surface area contributed by atoms with Gasteiger partial charge in [-0.15, -0.1) is 0 Å². The number of allylic oxidation sites excluding steroid dienone is 1. The van der Waals surface area contributed by atoms with Crippen molar-refractivity contribution < 1.29 is 13.9 Å². The third-order valence-corrected chi connectivity index (χ3v) is 5.47. The predicted molar refractivity (Wildman–Crippen MR) is 120 cm³/mol. The normalized spacial score (nSPS) is 15.1. The van der Waals surface area contributed by atoms with Crippen molar-refractivity contribution in [3.63, 3.8) is 0 Å². The average molecular weight is 443 g/mol. The molecule has 7 heteroatoms. The molecule has 2 N–H and O–H groups in total. The first-order valence-corrected chi connectivity index (χ1v) is 10.1. The van der Waals surface area contributed by atoms with Gasteiger partial charge in [-0.2, -0.15) is 5.26 Å². The van der Waals surface area contributed by atoms with Crippen molar-refractivity contribution in [1.82, 2.24) is 0 Å². The third-order valence-electron chi connectivity index (χ3n) is 5.21. The molecule has 156 valence electrons. The summed E-state index contributed by atoms with van der Waals surface area (Å²) in [5.41, 5.74) is 6.89. The van der Waals surface area contributed by atoms with E-state index in [4.69, 9.17) is 31.2 Å². The third kappa shape index (κ3) is 3.35. The van der Waals surface area contributed by atoms with Crippen LogP contribution in [0.3, 0.4) is 0 Å². The highest BCUT2D eigenvalue weighted by Crippen LogP contribution is 2.44. The van der Waals surface area contributed by atoms with Gasteiger partial charge in [-0.25, -0.2) is 4.79 Å². The van der Waals surface area contributed by atoms with Crippen LogP contribution in [0.25, 0.3) is 11.0 Å². The quantitative estimate of drug-likeness (QED) is 0.423. The van der Waals surface area contributed by atoms with E-state index in [1.54, 1.807) is 72.8 Å². The molecule has 4 aromatic rings. The lowest BCUT2D eigenvalue weighted by Gasteiger charge is -2.26. The van der Waals surface area contributed by atoms with Gasteiger partial charge in [0.05, 0.1) is 16.9 Å².